The van der Waals surface area contributed by atoms with E-state index in [-0.39, 0.29) is 23.5 Å². The molecule has 0 unspecified atom stereocenters. The average molecular weight is 333 g/mol. The minimum atomic E-state index is -3.13. The monoisotopic (exact) mass is 333 g/mol. The summed E-state index contributed by atoms with van der Waals surface area (Å²) in [5.41, 5.74) is 2.15. The van der Waals surface area contributed by atoms with Gasteiger partial charge in [0.25, 0.3) is 0 Å². The van der Waals surface area contributed by atoms with E-state index in [1.165, 1.54) is 5.56 Å². The lowest BCUT2D eigenvalue weighted by atomic mass is 9.79. The predicted molar refractivity (Wildman–Crippen MR) is 90.5 cm³/mol. The zero-order valence-electron chi connectivity index (χ0n) is 13.4. The Morgan fingerprint density at radius 1 is 1.22 bits per heavy atom. The van der Waals surface area contributed by atoms with E-state index >= 15 is 0 Å². The highest BCUT2D eigenvalue weighted by molar-refractivity contribution is 7.95. The quantitative estimate of drug-likeness (QED) is 0.920. The number of carbonyl (C=O) groups is 1. The smallest absolute Gasteiger partial charge is 0.223 e. The number of allylic oxidation sites excluding steroid dienone is 2. The molecular formula is C18H23NO3S. The van der Waals surface area contributed by atoms with E-state index in [2.05, 4.69) is 5.32 Å². The molecule has 0 saturated carbocycles. The molecule has 1 fully saturated rings. The molecular weight excluding hydrogens is 310 g/mol. The summed E-state index contributed by atoms with van der Waals surface area (Å²) in [6, 6.07) is 10.0. The third kappa shape index (κ3) is 3.34. The molecule has 0 radical (unpaired) electrons. The van der Waals surface area contributed by atoms with Gasteiger partial charge in [-0.15, -0.1) is 0 Å². The van der Waals surface area contributed by atoms with Crippen molar-refractivity contribution in [1.29, 1.82) is 0 Å². The number of sulfone groups is 1. The summed E-state index contributed by atoms with van der Waals surface area (Å²) in [7, 11) is -3.13. The molecule has 0 aromatic heterocycles. The van der Waals surface area contributed by atoms with Crippen LogP contribution in [0.15, 0.2) is 40.8 Å². The van der Waals surface area contributed by atoms with Gasteiger partial charge < -0.3 is 5.32 Å². The van der Waals surface area contributed by atoms with E-state index in [0.717, 1.165) is 18.4 Å². The Kier molecular flexibility index (Phi) is 4.57. The van der Waals surface area contributed by atoms with Crippen LogP contribution >= 0.6 is 0 Å². The van der Waals surface area contributed by atoms with Crippen molar-refractivity contribution in [2.45, 2.75) is 32.6 Å². The van der Waals surface area contributed by atoms with Crippen LogP contribution in [0.3, 0.4) is 0 Å². The number of rotatable bonds is 4. The van der Waals surface area contributed by atoms with E-state index in [4.69, 9.17) is 0 Å². The number of hydrogen-bond acceptors (Lipinski definition) is 3. The second kappa shape index (κ2) is 6.48. The lowest BCUT2D eigenvalue weighted by Crippen LogP contribution is -2.37. The van der Waals surface area contributed by atoms with E-state index in [0.29, 0.717) is 24.3 Å². The lowest BCUT2D eigenvalue weighted by molar-refractivity contribution is -0.126. The number of amides is 1. The highest BCUT2D eigenvalue weighted by atomic mass is 32.2. The van der Waals surface area contributed by atoms with Gasteiger partial charge in [-0.1, -0.05) is 35.9 Å². The van der Waals surface area contributed by atoms with Crippen LogP contribution in [-0.4, -0.2) is 26.6 Å². The topological polar surface area (TPSA) is 63.2 Å². The normalized spacial score (nSPS) is 26.0. The maximum absolute atomic E-state index is 12.5. The second-order valence-electron chi connectivity index (χ2n) is 6.53. The largest absolute Gasteiger partial charge is 0.356 e. The van der Waals surface area contributed by atoms with Crippen molar-refractivity contribution in [3.8, 4) is 0 Å². The molecule has 1 amide bonds. The van der Waals surface area contributed by atoms with E-state index < -0.39 is 9.84 Å². The Hall–Kier alpha value is -1.62. The first kappa shape index (κ1) is 16.2. The fourth-order valence-corrected chi connectivity index (χ4v) is 6.00. The standard InChI is InChI=1S/C18H23NO3S/c1-13-7-8-16(15-10-12-23(21,22)17(13)15)18(20)19-11-9-14-5-3-2-4-6-14/h2-6,15-16H,7-12H2,1H3,(H,19,20)/t15-,16+/m1/s1. The SMILES string of the molecule is CC1=C2[C@H](CCS2(=O)=O)[C@@H](C(=O)NCCc2ccccc2)CC1. The fraction of sp³-hybridized carbons (Fsp3) is 0.500. The Bertz CT molecular complexity index is 722. The Morgan fingerprint density at radius 3 is 2.70 bits per heavy atom. The Balaban J connectivity index is 1.63. The van der Waals surface area contributed by atoms with Crippen molar-refractivity contribution in [3.63, 3.8) is 0 Å². The first-order valence-electron chi connectivity index (χ1n) is 8.23. The first-order chi connectivity index (χ1) is 11.0. The predicted octanol–water partition coefficient (Wildman–Crippen LogP) is 2.46. The van der Waals surface area contributed by atoms with Crippen LogP contribution in [0.5, 0.6) is 0 Å². The summed E-state index contributed by atoms with van der Waals surface area (Å²) in [6.45, 7) is 2.49. The van der Waals surface area contributed by atoms with Crippen molar-refractivity contribution in [2.24, 2.45) is 11.8 Å². The van der Waals surface area contributed by atoms with Crippen LogP contribution in [0.25, 0.3) is 0 Å². The van der Waals surface area contributed by atoms with Gasteiger partial charge in [0.1, 0.15) is 0 Å². The van der Waals surface area contributed by atoms with Gasteiger partial charge in [-0.3, -0.25) is 4.79 Å². The third-order valence-electron chi connectivity index (χ3n) is 5.00. The molecule has 5 heteroatoms. The Morgan fingerprint density at radius 2 is 1.96 bits per heavy atom. The molecule has 1 aromatic rings. The summed E-state index contributed by atoms with van der Waals surface area (Å²) < 4.78 is 24.4. The molecule has 23 heavy (non-hydrogen) atoms. The molecule has 1 aromatic carbocycles. The van der Waals surface area contributed by atoms with Crippen LogP contribution in [0, 0.1) is 11.8 Å². The highest BCUT2D eigenvalue weighted by Gasteiger charge is 2.44. The van der Waals surface area contributed by atoms with Crippen LogP contribution < -0.4 is 5.32 Å². The van der Waals surface area contributed by atoms with Gasteiger partial charge >= 0.3 is 0 Å². The molecule has 1 aliphatic carbocycles. The van der Waals surface area contributed by atoms with Gasteiger partial charge in [0.05, 0.1) is 5.75 Å². The number of nitrogens with one attached hydrogen (secondary N) is 1. The average Bonchev–Trinajstić information content (AvgIpc) is 2.85. The van der Waals surface area contributed by atoms with Crippen LogP contribution in [0.2, 0.25) is 0 Å². The van der Waals surface area contributed by atoms with Gasteiger partial charge in [0.15, 0.2) is 9.84 Å². The number of benzene rings is 1. The number of carbonyl (C=O) groups excluding carboxylic acids is 1. The van der Waals surface area contributed by atoms with E-state index in [1.807, 2.05) is 37.3 Å². The van der Waals surface area contributed by atoms with Crippen molar-refractivity contribution >= 4 is 15.7 Å². The molecule has 1 aliphatic heterocycles. The van der Waals surface area contributed by atoms with E-state index in [1.54, 1.807) is 0 Å². The van der Waals surface area contributed by atoms with Crippen LogP contribution in [0.4, 0.5) is 0 Å². The van der Waals surface area contributed by atoms with Crippen molar-refractivity contribution < 1.29 is 13.2 Å². The summed E-state index contributed by atoms with van der Waals surface area (Å²) in [6.07, 6.45) is 2.85. The van der Waals surface area contributed by atoms with Gasteiger partial charge in [-0.05, 0) is 38.2 Å². The molecule has 2 atom stereocenters. The number of hydrogen-bond donors (Lipinski definition) is 1. The van der Waals surface area contributed by atoms with E-state index in [9.17, 15) is 13.2 Å². The Labute approximate surface area is 137 Å². The fourth-order valence-electron chi connectivity index (χ4n) is 3.84. The van der Waals surface area contributed by atoms with Crippen molar-refractivity contribution in [2.75, 3.05) is 12.3 Å². The summed E-state index contributed by atoms with van der Waals surface area (Å²) in [5, 5.41) is 3.00. The molecule has 4 nitrogen and oxygen atoms in total. The molecule has 0 spiro atoms. The highest BCUT2D eigenvalue weighted by Crippen LogP contribution is 2.44. The van der Waals surface area contributed by atoms with Gasteiger partial charge in [0, 0.05) is 23.3 Å². The molecule has 3 rings (SSSR count). The molecule has 2 aliphatic rings. The summed E-state index contributed by atoms with van der Waals surface area (Å²) in [5.74, 6) is -0.0988. The molecule has 0 bridgehead atoms. The number of fused-ring (bicyclic) bond motifs is 1. The second-order valence-corrected chi connectivity index (χ2v) is 8.61. The van der Waals surface area contributed by atoms with Gasteiger partial charge in [-0.25, -0.2) is 8.42 Å². The van der Waals surface area contributed by atoms with Gasteiger partial charge in [-0.2, -0.15) is 0 Å². The van der Waals surface area contributed by atoms with Crippen LogP contribution in [-0.2, 0) is 21.1 Å². The van der Waals surface area contributed by atoms with Crippen LogP contribution in [0.1, 0.15) is 31.7 Å². The van der Waals surface area contributed by atoms with Crippen molar-refractivity contribution in [1.82, 2.24) is 5.32 Å². The third-order valence-corrected chi connectivity index (χ3v) is 7.09. The molecule has 1 N–H and O–H groups in total. The molecule has 1 saturated heterocycles. The minimum Gasteiger partial charge on any atom is -0.356 e. The lowest BCUT2D eigenvalue weighted by Gasteiger charge is -2.28. The summed E-state index contributed by atoms with van der Waals surface area (Å²) >= 11 is 0. The van der Waals surface area contributed by atoms with Gasteiger partial charge in [0.2, 0.25) is 5.91 Å². The maximum atomic E-state index is 12.5. The molecule has 124 valence electrons. The summed E-state index contributed by atoms with van der Waals surface area (Å²) in [4.78, 5) is 13.1. The zero-order valence-corrected chi connectivity index (χ0v) is 14.2. The maximum Gasteiger partial charge on any atom is 0.223 e. The van der Waals surface area contributed by atoms with Crippen molar-refractivity contribution in [3.05, 3.63) is 46.4 Å². The molecule has 1 heterocycles. The zero-order chi connectivity index (χ0) is 16.4. The first-order valence-corrected chi connectivity index (χ1v) is 9.88. The minimum absolute atomic E-state index is 0.00744.